The van der Waals surface area contributed by atoms with E-state index in [0.717, 1.165) is 9.87 Å². The van der Waals surface area contributed by atoms with Crippen LogP contribution in [0.4, 0.5) is 5.69 Å². The molecule has 3 aromatic rings. The number of para-hydroxylation sites is 2. The number of rotatable bonds is 11. The number of halogens is 2. The van der Waals surface area contributed by atoms with Gasteiger partial charge in [0.05, 0.1) is 17.7 Å². The smallest absolute Gasteiger partial charge is 0.264 e. The summed E-state index contributed by atoms with van der Waals surface area (Å²) in [6.45, 7) is 8.53. The molecule has 0 aromatic heterocycles. The lowest BCUT2D eigenvalue weighted by atomic mass is 10.1. The molecule has 0 aliphatic heterocycles. The Bertz CT molecular complexity index is 1520. The van der Waals surface area contributed by atoms with Crippen molar-refractivity contribution in [3.8, 4) is 5.75 Å². The van der Waals surface area contributed by atoms with Crippen molar-refractivity contribution in [2.24, 2.45) is 0 Å². The van der Waals surface area contributed by atoms with Gasteiger partial charge in [0.2, 0.25) is 11.8 Å². The van der Waals surface area contributed by atoms with E-state index in [9.17, 15) is 18.0 Å². The first-order chi connectivity index (χ1) is 19.7. The monoisotopic (exact) mass is 633 g/mol. The third-order valence-corrected chi connectivity index (χ3v) is 8.84. The highest BCUT2D eigenvalue weighted by Crippen LogP contribution is 2.33. The second-order valence-electron chi connectivity index (χ2n) is 10.9. The van der Waals surface area contributed by atoms with Gasteiger partial charge in [-0.15, -0.1) is 0 Å². The number of carbonyl (C=O) groups excluding carboxylic acids is 2. The van der Waals surface area contributed by atoms with Gasteiger partial charge in [0.15, 0.2) is 0 Å². The molecular weight excluding hydrogens is 597 g/mol. The second-order valence-corrected chi connectivity index (χ2v) is 13.6. The van der Waals surface area contributed by atoms with Gasteiger partial charge < -0.3 is 15.0 Å². The fraction of sp³-hybridized carbons (Fsp3) is 0.355. The summed E-state index contributed by atoms with van der Waals surface area (Å²) in [5, 5.41) is 3.68. The highest BCUT2D eigenvalue weighted by molar-refractivity contribution is 7.92. The number of sulfonamides is 1. The van der Waals surface area contributed by atoms with E-state index < -0.39 is 34.1 Å². The summed E-state index contributed by atoms with van der Waals surface area (Å²) in [4.78, 5) is 29.1. The van der Waals surface area contributed by atoms with Crippen LogP contribution in [-0.2, 0) is 26.2 Å². The van der Waals surface area contributed by atoms with E-state index in [4.69, 9.17) is 27.9 Å². The second kappa shape index (κ2) is 13.8. The van der Waals surface area contributed by atoms with Crippen LogP contribution in [0.2, 0.25) is 10.0 Å². The van der Waals surface area contributed by atoms with Crippen molar-refractivity contribution < 1.29 is 22.7 Å². The van der Waals surface area contributed by atoms with Crippen molar-refractivity contribution in [1.29, 1.82) is 0 Å². The van der Waals surface area contributed by atoms with Gasteiger partial charge in [-0.1, -0.05) is 66.0 Å². The standard InChI is InChI=1S/C31H37Cl2N3O5S/c1-7-26(30(38)34-31(3,4)5)35(19-22-14-15-23(32)18-25(22)33)29(37)20-36(27-10-8-9-11-28(27)41-6)42(39,40)24-16-12-21(2)13-17-24/h8-18,26H,7,19-20H2,1-6H3,(H,34,38)/t26-/m1/s1. The van der Waals surface area contributed by atoms with Gasteiger partial charge in [-0.05, 0) is 76.1 Å². The number of benzene rings is 3. The summed E-state index contributed by atoms with van der Waals surface area (Å²) in [6, 6.07) is 16.9. The first kappa shape index (κ1) is 33.2. The minimum absolute atomic E-state index is 0.0108. The van der Waals surface area contributed by atoms with Gasteiger partial charge in [0.25, 0.3) is 10.0 Å². The van der Waals surface area contributed by atoms with Crippen molar-refractivity contribution in [1.82, 2.24) is 10.2 Å². The van der Waals surface area contributed by atoms with E-state index in [1.54, 1.807) is 61.5 Å². The molecule has 0 radical (unpaired) electrons. The maximum absolute atomic E-state index is 14.2. The molecule has 0 saturated heterocycles. The molecule has 1 N–H and O–H groups in total. The molecule has 0 aliphatic carbocycles. The molecule has 42 heavy (non-hydrogen) atoms. The molecule has 0 aliphatic rings. The molecular formula is C31H37Cl2N3O5S. The van der Waals surface area contributed by atoms with Crippen LogP contribution >= 0.6 is 23.2 Å². The third-order valence-electron chi connectivity index (χ3n) is 6.48. The van der Waals surface area contributed by atoms with Crippen LogP contribution < -0.4 is 14.4 Å². The molecule has 226 valence electrons. The molecule has 0 bridgehead atoms. The molecule has 3 rings (SSSR count). The van der Waals surface area contributed by atoms with E-state index >= 15 is 0 Å². The van der Waals surface area contributed by atoms with Crippen molar-refractivity contribution in [2.75, 3.05) is 18.0 Å². The number of ether oxygens (including phenoxy) is 1. The molecule has 0 spiro atoms. The van der Waals surface area contributed by atoms with Gasteiger partial charge in [0.1, 0.15) is 18.3 Å². The van der Waals surface area contributed by atoms with Crippen LogP contribution in [0.25, 0.3) is 0 Å². The first-order valence-corrected chi connectivity index (χ1v) is 15.7. The number of carbonyl (C=O) groups is 2. The maximum Gasteiger partial charge on any atom is 0.264 e. The SMILES string of the molecule is CC[C@H](C(=O)NC(C)(C)C)N(Cc1ccc(Cl)cc1Cl)C(=O)CN(c1ccccc1OC)S(=O)(=O)c1ccc(C)cc1. The van der Waals surface area contributed by atoms with Gasteiger partial charge in [-0.25, -0.2) is 8.42 Å². The fourth-order valence-corrected chi connectivity index (χ4v) is 6.29. The van der Waals surface area contributed by atoms with Crippen LogP contribution in [0, 0.1) is 6.92 Å². The summed E-state index contributed by atoms with van der Waals surface area (Å²) in [5.74, 6) is -0.696. The Morgan fingerprint density at radius 3 is 2.21 bits per heavy atom. The Balaban J connectivity index is 2.13. The lowest BCUT2D eigenvalue weighted by Gasteiger charge is -2.35. The number of methoxy groups -OCH3 is 1. The zero-order chi connectivity index (χ0) is 31.2. The lowest BCUT2D eigenvalue weighted by molar-refractivity contribution is -0.141. The summed E-state index contributed by atoms with van der Waals surface area (Å²) < 4.78 is 34.6. The molecule has 0 unspecified atom stereocenters. The van der Waals surface area contributed by atoms with Gasteiger partial charge in [-0.2, -0.15) is 0 Å². The zero-order valence-corrected chi connectivity index (χ0v) is 27.0. The van der Waals surface area contributed by atoms with Gasteiger partial charge in [0, 0.05) is 22.1 Å². The summed E-state index contributed by atoms with van der Waals surface area (Å²) in [5.41, 5.74) is 1.07. The van der Waals surface area contributed by atoms with Crippen molar-refractivity contribution in [3.05, 3.63) is 87.9 Å². The van der Waals surface area contributed by atoms with Crippen LogP contribution in [0.5, 0.6) is 5.75 Å². The molecule has 8 nitrogen and oxygen atoms in total. The number of hydrogen-bond acceptors (Lipinski definition) is 5. The zero-order valence-electron chi connectivity index (χ0n) is 24.6. The number of nitrogens with one attached hydrogen (secondary N) is 1. The fourth-order valence-electron chi connectivity index (χ4n) is 4.39. The highest BCUT2D eigenvalue weighted by atomic mass is 35.5. The van der Waals surface area contributed by atoms with E-state index in [2.05, 4.69) is 5.32 Å². The van der Waals surface area contributed by atoms with Crippen molar-refractivity contribution in [3.63, 3.8) is 0 Å². The summed E-state index contributed by atoms with van der Waals surface area (Å²) in [7, 11) is -2.81. The molecule has 11 heteroatoms. The minimum Gasteiger partial charge on any atom is -0.495 e. The van der Waals surface area contributed by atoms with E-state index in [-0.39, 0.29) is 35.2 Å². The van der Waals surface area contributed by atoms with Crippen LogP contribution in [0.15, 0.2) is 71.6 Å². The van der Waals surface area contributed by atoms with Crippen LogP contribution in [0.1, 0.15) is 45.2 Å². The quantitative estimate of drug-likeness (QED) is 0.270. The Hall–Kier alpha value is -3.27. The largest absolute Gasteiger partial charge is 0.495 e. The topological polar surface area (TPSA) is 96.0 Å². The molecule has 2 amide bonds. The number of hydrogen-bond donors (Lipinski definition) is 1. The average molecular weight is 635 g/mol. The van der Waals surface area contributed by atoms with Gasteiger partial charge in [-0.3, -0.25) is 13.9 Å². The van der Waals surface area contributed by atoms with Crippen LogP contribution in [-0.4, -0.2) is 50.4 Å². The predicted octanol–water partition coefficient (Wildman–Crippen LogP) is 6.23. The van der Waals surface area contributed by atoms with Gasteiger partial charge >= 0.3 is 0 Å². The number of amides is 2. The lowest BCUT2D eigenvalue weighted by Crippen LogP contribution is -2.55. The van der Waals surface area contributed by atoms with E-state index in [1.165, 1.54) is 24.1 Å². The Morgan fingerprint density at radius 1 is 1.00 bits per heavy atom. The molecule has 0 heterocycles. The molecule has 1 atom stereocenters. The van der Waals surface area contributed by atoms with Crippen molar-refractivity contribution >= 4 is 50.7 Å². The number of nitrogens with zero attached hydrogens (tertiary/aromatic N) is 2. The first-order valence-electron chi connectivity index (χ1n) is 13.5. The minimum atomic E-state index is -4.24. The summed E-state index contributed by atoms with van der Waals surface area (Å²) in [6.07, 6.45) is 0.276. The molecule has 3 aromatic carbocycles. The Kier molecular flexibility index (Phi) is 10.9. The molecule has 0 fully saturated rings. The third kappa shape index (κ3) is 8.18. The maximum atomic E-state index is 14.2. The van der Waals surface area contributed by atoms with E-state index in [1.807, 2.05) is 27.7 Å². The normalized spacial score (nSPS) is 12.4. The van der Waals surface area contributed by atoms with E-state index in [0.29, 0.717) is 15.6 Å². The molecule has 0 saturated carbocycles. The highest BCUT2D eigenvalue weighted by Gasteiger charge is 2.35. The van der Waals surface area contributed by atoms with Crippen molar-refractivity contribution in [2.45, 2.75) is 64.1 Å². The predicted molar refractivity (Wildman–Crippen MR) is 168 cm³/mol. The Morgan fingerprint density at radius 2 is 1.64 bits per heavy atom. The number of anilines is 1. The van der Waals surface area contributed by atoms with Crippen LogP contribution in [0.3, 0.4) is 0 Å². The number of aryl methyl sites for hydroxylation is 1. The average Bonchev–Trinajstić information content (AvgIpc) is 2.91. The summed E-state index contributed by atoms with van der Waals surface area (Å²) >= 11 is 12.6. The Labute approximate surface area is 258 Å².